The summed E-state index contributed by atoms with van der Waals surface area (Å²) in [5, 5.41) is 22.9. The van der Waals surface area contributed by atoms with Crippen LogP contribution in [0.2, 0.25) is 0 Å². The topological polar surface area (TPSA) is 133 Å². The number of carboxylic acid groups (broad SMARTS) is 1. The van der Waals surface area contributed by atoms with Gasteiger partial charge in [-0.3, -0.25) is 18.8 Å². The van der Waals surface area contributed by atoms with Gasteiger partial charge in [-0.05, 0) is 160 Å². The number of nitrogens with one attached hydrogen (secondary N) is 1. The van der Waals surface area contributed by atoms with Crippen LogP contribution in [0.25, 0.3) is 0 Å². The fraction of sp³-hybridized carbons (Fsp3) is 0.812. The van der Waals surface area contributed by atoms with Crippen LogP contribution >= 0.6 is 10.6 Å². The van der Waals surface area contributed by atoms with Crippen molar-refractivity contribution in [2.75, 3.05) is 44.3 Å². The molecule has 10 atom stereocenters. The van der Waals surface area contributed by atoms with Crippen LogP contribution in [0.5, 0.6) is 5.88 Å². The van der Waals surface area contributed by atoms with E-state index in [1.54, 1.807) is 10.9 Å². The van der Waals surface area contributed by atoms with E-state index in [2.05, 4.69) is 80.8 Å². The Morgan fingerprint density at radius 3 is 2.37 bits per heavy atom. The summed E-state index contributed by atoms with van der Waals surface area (Å²) >= 11 is 0. The van der Waals surface area contributed by atoms with Crippen LogP contribution in [0.15, 0.2) is 41.6 Å². The lowest BCUT2D eigenvalue weighted by atomic mass is 9.33. The largest absolute Gasteiger partial charge is 0.481 e. The Labute approximate surface area is 356 Å². The Morgan fingerprint density at radius 1 is 0.966 bits per heavy atom. The first-order valence-electron chi connectivity index (χ1n) is 23.2. The van der Waals surface area contributed by atoms with Crippen molar-refractivity contribution >= 4 is 16.6 Å². The number of hydrogen-bond donors (Lipinski definition) is 4. The minimum Gasteiger partial charge on any atom is -0.481 e. The summed E-state index contributed by atoms with van der Waals surface area (Å²) in [6.45, 7) is 27.7. The highest BCUT2D eigenvalue weighted by molar-refractivity contribution is 8.24. The van der Waals surface area contributed by atoms with Crippen molar-refractivity contribution in [1.29, 1.82) is 0 Å². The number of hydrogen-bond acceptors (Lipinski definition) is 8. The van der Waals surface area contributed by atoms with Gasteiger partial charge in [-0.25, -0.2) is 4.68 Å². The van der Waals surface area contributed by atoms with Gasteiger partial charge < -0.3 is 15.2 Å². The Morgan fingerprint density at radius 2 is 1.71 bits per heavy atom. The molecule has 0 radical (unpaired) electrons. The second kappa shape index (κ2) is 15.3. The van der Waals surface area contributed by atoms with E-state index in [-0.39, 0.29) is 39.8 Å². The van der Waals surface area contributed by atoms with Gasteiger partial charge >= 0.3 is 5.97 Å². The zero-order chi connectivity index (χ0) is 42.4. The zero-order valence-corrected chi connectivity index (χ0v) is 38.5. The van der Waals surface area contributed by atoms with E-state index < -0.39 is 22.0 Å². The van der Waals surface area contributed by atoms with Crippen LogP contribution in [0, 0.1) is 56.7 Å². The van der Waals surface area contributed by atoms with Crippen LogP contribution in [0.4, 0.5) is 0 Å². The second-order valence-electron chi connectivity index (χ2n) is 22.3. The molecule has 1 unspecified atom stereocenters. The molecule has 1 aromatic heterocycles. The minimum atomic E-state index is -2.38. The number of aliphatic carboxylic acids is 1. The van der Waals surface area contributed by atoms with Crippen molar-refractivity contribution in [3.05, 3.63) is 41.6 Å². The van der Waals surface area contributed by atoms with E-state index in [4.69, 9.17) is 4.74 Å². The summed E-state index contributed by atoms with van der Waals surface area (Å²) in [7, 11) is -2.38. The number of carboxylic acids is 1. The lowest BCUT2D eigenvalue weighted by molar-refractivity contribution is -0.221. The molecule has 10 nitrogen and oxygen atoms in total. The van der Waals surface area contributed by atoms with Crippen LogP contribution in [-0.2, 0) is 4.79 Å². The van der Waals surface area contributed by atoms with E-state index in [9.17, 15) is 19.0 Å². The van der Waals surface area contributed by atoms with E-state index in [0.29, 0.717) is 59.8 Å². The van der Waals surface area contributed by atoms with Crippen molar-refractivity contribution < 1.29 is 23.7 Å². The summed E-state index contributed by atoms with van der Waals surface area (Å²) in [5.41, 5.74) is 4.13. The molecule has 0 aromatic carbocycles. The van der Waals surface area contributed by atoms with Gasteiger partial charge in [-0.15, -0.1) is 5.10 Å². The highest BCUT2D eigenvalue weighted by Gasteiger charge is 2.70. The molecular formula is C48H77N5O5S. The summed E-state index contributed by atoms with van der Waals surface area (Å²) in [6.07, 6.45) is 19.4. The first-order chi connectivity index (χ1) is 27.7. The number of carbonyl (C=O) groups is 1. The zero-order valence-electron chi connectivity index (χ0n) is 37.7. The number of ether oxygens (including phenoxy) is 1. The summed E-state index contributed by atoms with van der Waals surface area (Å²) in [4.78, 5) is 15.3. The second-order valence-corrected chi connectivity index (χ2v) is 24.7. The van der Waals surface area contributed by atoms with Gasteiger partial charge in [0.1, 0.15) is 18.2 Å². The smallest absolute Gasteiger partial charge is 0.313 e. The van der Waals surface area contributed by atoms with Crippen molar-refractivity contribution in [3.8, 4) is 5.88 Å². The maximum Gasteiger partial charge on any atom is 0.313 e. The standard InChI is InChI=1S/C48H77N5O5S/c1-32(2)35-14-21-48(49-24-25-52-26-28-59(56,57)29-27-52)23-22-45(8)37(41(35)48)10-11-39-44(7)17-15-36(43(5,6)38(44)16-18-46(39,45)9)34-12-19-47(20-13-34,42(54)55)31-58-40-30-50-51-53(40)33(3)4/h12,15,30,33,35,37-39,41,49,56-57H,1,10-11,13-14,16-29,31H2,2-9H3,(H,54,55)/t35-,37+,38-,39+,41+,44-,45+,46+,47?,48-/m0/s1. The number of allylic oxidation sites excluding steroid dienone is 5. The SMILES string of the molecule is C=C(C)[C@@H]1CC[C@]2(NCCN3CCS(O)(O)CC3)CC[C@]3(C)[C@H](CC[C@@H]4[C@@]5(C)CC=C(C6=CCC(COc7cnnn7C(C)C)(C(=O)O)CC6)C(C)(C)[C@@H]5CC[C@]43C)[C@@H]12. The maximum absolute atomic E-state index is 12.9. The van der Waals surface area contributed by atoms with Crippen molar-refractivity contribution in [2.24, 2.45) is 56.7 Å². The van der Waals surface area contributed by atoms with Crippen LogP contribution in [0.1, 0.15) is 138 Å². The molecule has 7 aliphatic rings. The highest BCUT2D eigenvalue weighted by atomic mass is 32.3. The van der Waals surface area contributed by atoms with Crippen LogP contribution in [0.3, 0.4) is 0 Å². The average Bonchev–Trinajstić information content (AvgIpc) is 3.81. The highest BCUT2D eigenvalue weighted by Crippen LogP contribution is 2.76. The summed E-state index contributed by atoms with van der Waals surface area (Å²) in [5.74, 6) is 3.85. The van der Waals surface area contributed by atoms with E-state index >= 15 is 0 Å². The summed E-state index contributed by atoms with van der Waals surface area (Å²) < 4.78 is 28.2. The molecule has 0 amide bonds. The molecular weight excluding hydrogens is 759 g/mol. The third-order valence-electron chi connectivity index (χ3n) is 19.0. The molecule has 0 spiro atoms. The Hall–Kier alpha value is -2.18. The van der Waals surface area contributed by atoms with Crippen molar-refractivity contribution in [2.45, 2.75) is 144 Å². The normalized spacial score (nSPS) is 42.1. The van der Waals surface area contributed by atoms with Crippen LogP contribution in [-0.4, -0.2) is 89.9 Å². The number of rotatable bonds is 11. The number of aromatic nitrogens is 3. The fourth-order valence-corrected chi connectivity index (χ4v) is 16.8. The molecule has 6 aliphatic carbocycles. The van der Waals surface area contributed by atoms with Gasteiger partial charge in [0.2, 0.25) is 5.88 Å². The molecule has 11 heteroatoms. The molecule has 8 rings (SSSR count). The predicted molar refractivity (Wildman–Crippen MR) is 238 cm³/mol. The lowest BCUT2D eigenvalue weighted by Gasteiger charge is -2.72. The van der Waals surface area contributed by atoms with E-state index in [0.717, 1.165) is 39.0 Å². The third kappa shape index (κ3) is 7.01. The van der Waals surface area contributed by atoms with Crippen LogP contribution < -0.4 is 10.1 Å². The van der Waals surface area contributed by atoms with Gasteiger partial charge in [0.15, 0.2) is 0 Å². The molecule has 1 aliphatic heterocycles. The quantitative estimate of drug-likeness (QED) is 0.161. The molecule has 0 bridgehead atoms. The van der Waals surface area contributed by atoms with E-state index in [1.807, 2.05) is 13.8 Å². The van der Waals surface area contributed by atoms with Gasteiger partial charge in [0.25, 0.3) is 0 Å². The molecule has 5 fully saturated rings. The minimum absolute atomic E-state index is 0.000725. The molecule has 330 valence electrons. The predicted octanol–water partition coefficient (Wildman–Crippen LogP) is 10.0. The van der Waals surface area contributed by atoms with Crippen molar-refractivity contribution in [3.63, 3.8) is 0 Å². The van der Waals surface area contributed by atoms with Gasteiger partial charge in [-0.1, -0.05) is 64.1 Å². The third-order valence-corrected chi connectivity index (χ3v) is 20.6. The lowest BCUT2D eigenvalue weighted by Crippen LogP contribution is -2.68. The number of nitrogens with zero attached hydrogens (tertiary/aromatic N) is 4. The van der Waals surface area contributed by atoms with Gasteiger partial charge in [0, 0.05) is 31.7 Å². The first-order valence-corrected chi connectivity index (χ1v) is 25.1. The maximum atomic E-state index is 12.9. The molecule has 4 N–H and O–H groups in total. The monoisotopic (exact) mass is 836 g/mol. The summed E-state index contributed by atoms with van der Waals surface area (Å²) in [6, 6.07) is 0.0784. The molecule has 4 saturated carbocycles. The van der Waals surface area contributed by atoms with Crippen molar-refractivity contribution in [1.82, 2.24) is 25.2 Å². The van der Waals surface area contributed by atoms with Gasteiger partial charge in [0.05, 0.1) is 17.5 Å². The fourth-order valence-electron chi connectivity index (χ4n) is 15.5. The van der Waals surface area contributed by atoms with Gasteiger partial charge in [-0.2, -0.15) is 10.6 Å². The molecule has 1 saturated heterocycles. The molecule has 1 aromatic rings. The molecule has 2 heterocycles. The Bertz CT molecular complexity index is 1850. The number of fused-ring (bicyclic) bond motifs is 7. The Kier molecular flexibility index (Phi) is 11.2. The first kappa shape index (κ1) is 43.5. The average molecular weight is 836 g/mol. The Balaban J connectivity index is 1.00. The molecule has 59 heavy (non-hydrogen) atoms. The van der Waals surface area contributed by atoms with E-state index in [1.165, 1.54) is 68.1 Å².